The minimum absolute atomic E-state index is 0.895. The highest BCUT2D eigenvalue weighted by Gasteiger charge is 2.23. The van der Waals surface area contributed by atoms with Gasteiger partial charge in [0.1, 0.15) is 11.2 Å². The summed E-state index contributed by atoms with van der Waals surface area (Å²) in [5, 5.41) is 22.2. The lowest BCUT2D eigenvalue weighted by atomic mass is 9.80. The van der Waals surface area contributed by atoms with Gasteiger partial charge in [0.15, 0.2) is 0 Å². The first-order chi connectivity index (χ1) is 31.3. The third-order valence-corrected chi connectivity index (χ3v) is 13.8. The van der Waals surface area contributed by atoms with E-state index in [1.165, 1.54) is 120 Å². The van der Waals surface area contributed by atoms with Crippen LogP contribution >= 0.6 is 0 Å². The van der Waals surface area contributed by atoms with Gasteiger partial charge in [-0.15, -0.1) is 0 Å². The molecule has 14 rings (SSSR count). The first-order valence-electron chi connectivity index (χ1n) is 21.8. The number of hydrogen-bond donors (Lipinski definition) is 0. The van der Waals surface area contributed by atoms with Gasteiger partial charge in [0, 0.05) is 10.8 Å². The molecule has 0 aliphatic heterocycles. The van der Waals surface area contributed by atoms with Crippen molar-refractivity contribution in [2.45, 2.75) is 0 Å². The number of fused-ring (bicyclic) bond motifs is 14. The van der Waals surface area contributed by atoms with Gasteiger partial charge < -0.3 is 4.42 Å². The van der Waals surface area contributed by atoms with Crippen LogP contribution in [0.25, 0.3) is 141 Å². The van der Waals surface area contributed by atoms with Crippen LogP contribution in [0.15, 0.2) is 223 Å². The second-order valence-electron chi connectivity index (χ2n) is 17.0. The summed E-state index contributed by atoms with van der Waals surface area (Å²) >= 11 is 0. The SMILES string of the molecule is c1ccc2c(-c3c4ccccc4c(-c4c5ccccc5c(-c5ccc6oc7cc8c9ccccc9c9ccccc9c8cc7c6c5)c5ccccc45)c4ccccc34)cccc2c1. The lowest BCUT2D eigenvalue weighted by Crippen LogP contribution is -1.95. The highest BCUT2D eigenvalue weighted by Crippen LogP contribution is 2.51. The van der Waals surface area contributed by atoms with Crippen LogP contribution in [-0.2, 0) is 0 Å². The molecule has 0 saturated heterocycles. The molecule has 1 heterocycles. The van der Waals surface area contributed by atoms with Gasteiger partial charge >= 0.3 is 0 Å². The van der Waals surface area contributed by atoms with Gasteiger partial charge in [0.2, 0.25) is 0 Å². The van der Waals surface area contributed by atoms with Gasteiger partial charge in [0.25, 0.3) is 0 Å². The maximum absolute atomic E-state index is 6.71. The molecule has 14 aromatic rings. The van der Waals surface area contributed by atoms with Gasteiger partial charge in [-0.05, 0) is 144 Å². The van der Waals surface area contributed by atoms with Crippen molar-refractivity contribution in [1.29, 1.82) is 0 Å². The summed E-state index contributed by atoms with van der Waals surface area (Å²) in [5.74, 6) is 0. The van der Waals surface area contributed by atoms with Gasteiger partial charge in [-0.2, -0.15) is 0 Å². The summed E-state index contributed by atoms with van der Waals surface area (Å²) in [7, 11) is 0. The zero-order chi connectivity index (χ0) is 41.2. The molecule has 0 aliphatic rings. The summed E-state index contributed by atoms with van der Waals surface area (Å²) in [5.41, 5.74) is 9.29. The second kappa shape index (κ2) is 13.1. The van der Waals surface area contributed by atoms with Gasteiger partial charge in [0.05, 0.1) is 0 Å². The fourth-order valence-electron chi connectivity index (χ4n) is 11.2. The van der Waals surface area contributed by atoms with E-state index in [-0.39, 0.29) is 0 Å². The van der Waals surface area contributed by atoms with Gasteiger partial charge in [-0.25, -0.2) is 0 Å². The zero-order valence-electron chi connectivity index (χ0n) is 34.2. The average Bonchev–Trinajstić information content (AvgIpc) is 3.71. The molecule has 1 aromatic heterocycles. The van der Waals surface area contributed by atoms with Crippen LogP contribution in [0.1, 0.15) is 0 Å². The minimum atomic E-state index is 0.895. The van der Waals surface area contributed by atoms with Crippen molar-refractivity contribution in [3.63, 3.8) is 0 Å². The van der Waals surface area contributed by atoms with Crippen LogP contribution in [0.2, 0.25) is 0 Å². The molecular formula is C62H36O. The lowest BCUT2D eigenvalue weighted by Gasteiger charge is -2.22. The normalized spacial score (nSPS) is 12.1. The Bertz CT molecular complexity index is 4140. The molecule has 1 nitrogen and oxygen atoms in total. The van der Waals surface area contributed by atoms with Crippen LogP contribution in [0, 0.1) is 0 Å². The summed E-state index contributed by atoms with van der Waals surface area (Å²) in [6.07, 6.45) is 0. The molecule has 0 atom stereocenters. The largest absolute Gasteiger partial charge is 0.456 e. The molecule has 1 heteroatoms. The summed E-state index contributed by atoms with van der Waals surface area (Å²) in [6, 6.07) is 80.6. The molecule has 13 aromatic carbocycles. The topological polar surface area (TPSA) is 13.1 Å². The van der Waals surface area contributed by atoms with Crippen LogP contribution < -0.4 is 0 Å². The van der Waals surface area contributed by atoms with E-state index in [0.29, 0.717) is 0 Å². The molecule has 0 saturated carbocycles. The number of hydrogen-bond acceptors (Lipinski definition) is 1. The lowest BCUT2D eigenvalue weighted by molar-refractivity contribution is 0.669. The van der Waals surface area contributed by atoms with E-state index in [1.807, 2.05) is 0 Å². The van der Waals surface area contributed by atoms with E-state index in [2.05, 4.69) is 218 Å². The summed E-state index contributed by atoms with van der Waals surface area (Å²) in [6.45, 7) is 0. The van der Waals surface area contributed by atoms with E-state index >= 15 is 0 Å². The molecule has 0 radical (unpaired) electrons. The van der Waals surface area contributed by atoms with Gasteiger partial charge in [-0.3, -0.25) is 0 Å². The summed E-state index contributed by atoms with van der Waals surface area (Å²) in [4.78, 5) is 0. The molecule has 63 heavy (non-hydrogen) atoms. The van der Waals surface area contributed by atoms with E-state index < -0.39 is 0 Å². The molecule has 0 spiro atoms. The molecule has 0 aliphatic carbocycles. The van der Waals surface area contributed by atoms with Crippen molar-refractivity contribution >= 4 is 108 Å². The average molecular weight is 797 g/mol. The Labute approximate surface area is 362 Å². The first-order valence-corrected chi connectivity index (χ1v) is 21.8. The van der Waals surface area contributed by atoms with Gasteiger partial charge in [-0.1, -0.05) is 194 Å². The van der Waals surface area contributed by atoms with Crippen LogP contribution in [-0.4, -0.2) is 0 Å². The van der Waals surface area contributed by atoms with Crippen molar-refractivity contribution in [2.75, 3.05) is 0 Å². The highest BCUT2D eigenvalue weighted by atomic mass is 16.3. The fourth-order valence-corrected chi connectivity index (χ4v) is 11.2. The number of benzene rings is 13. The van der Waals surface area contributed by atoms with Crippen LogP contribution in [0.4, 0.5) is 0 Å². The van der Waals surface area contributed by atoms with E-state index in [1.54, 1.807) is 0 Å². The maximum Gasteiger partial charge on any atom is 0.136 e. The standard InChI is InChI=1S/C62H36O/c1-2-18-39-37(16-1)17-15-31-44(39)60-47-25-9-13-29-51(47)62(52-30-14-10-26-48(52)60)61-49-27-11-7-23-45(49)59(46-24-8-12-28-50(46)61)38-32-33-57-55(34-38)56-35-53-42-21-5-3-19-40(42)41-20-4-6-22-43(41)54(53)36-58(56)63-57/h1-36H. The molecule has 290 valence electrons. The molecule has 0 bridgehead atoms. The number of rotatable bonds is 3. The molecule has 0 unspecified atom stereocenters. The Morgan fingerprint density at radius 2 is 0.587 bits per heavy atom. The van der Waals surface area contributed by atoms with Crippen LogP contribution in [0.5, 0.6) is 0 Å². The maximum atomic E-state index is 6.71. The van der Waals surface area contributed by atoms with Crippen molar-refractivity contribution < 1.29 is 4.42 Å². The van der Waals surface area contributed by atoms with Crippen molar-refractivity contribution in [1.82, 2.24) is 0 Å². The highest BCUT2D eigenvalue weighted by molar-refractivity contribution is 6.32. The Morgan fingerprint density at radius 1 is 0.206 bits per heavy atom. The molecular weight excluding hydrogens is 761 g/mol. The second-order valence-corrected chi connectivity index (χ2v) is 17.0. The zero-order valence-corrected chi connectivity index (χ0v) is 34.2. The first kappa shape index (κ1) is 34.5. The monoisotopic (exact) mass is 796 g/mol. The van der Waals surface area contributed by atoms with E-state index in [9.17, 15) is 0 Å². The predicted molar refractivity (Wildman–Crippen MR) is 270 cm³/mol. The van der Waals surface area contributed by atoms with E-state index in [4.69, 9.17) is 4.42 Å². The Hall–Kier alpha value is -8.26. The minimum Gasteiger partial charge on any atom is -0.456 e. The summed E-state index contributed by atoms with van der Waals surface area (Å²) < 4.78 is 6.71. The third-order valence-electron chi connectivity index (χ3n) is 13.8. The van der Waals surface area contributed by atoms with Crippen molar-refractivity contribution in [3.05, 3.63) is 218 Å². The smallest absolute Gasteiger partial charge is 0.136 e. The van der Waals surface area contributed by atoms with Crippen molar-refractivity contribution in [3.8, 4) is 33.4 Å². The Kier molecular flexibility index (Phi) is 7.17. The quantitative estimate of drug-likeness (QED) is 0.128. The number of furan rings is 1. The fraction of sp³-hybridized carbons (Fsp3) is 0. The van der Waals surface area contributed by atoms with Crippen molar-refractivity contribution in [2.24, 2.45) is 0 Å². The molecule has 0 fully saturated rings. The Morgan fingerprint density at radius 3 is 1.11 bits per heavy atom. The van der Waals surface area contributed by atoms with Crippen LogP contribution in [0.3, 0.4) is 0 Å². The van der Waals surface area contributed by atoms with E-state index in [0.717, 1.165) is 21.9 Å². The third kappa shape index (κ3) is 4.88. The predicted octanol–water partition coefficient (Wildman–Crippen LogP) is 17.8. The molecule has 0 N–H and O–H groups in total. The molecule has 0 amide bonds. The Balaban J connectivity index is 1.06.